The van der Waals surface area contributed by atoms with Crippen molar-refractivity contribution in [1.29, 1.82) is 0 Å². The second kappa shape index (κ2) is 7.55. The predicted molar refractivity (Wildman–Crippen MR) is 110 cm³/mol. The lowest BCUT2D eigenvalue weighted by molar-refractivity contribution is -0.169. The van der Waals surface area contributed by atoms with Gasteiger partial charge >= 0.3 is 5.97 Å². The molecule has 154 valence electrons. The average molecular weight is 387 g/mol. The van der Waals surface area contributed by atoms with E-state index in [2.05, 4.69) is 13.5 Å². The van der Waals surface area contributed by atoms with Crippen LogP contribution in [0.1, 0.15) is 58.4 Å². The number of benzene rings is 1. The molecule has 2 saturated carbocycles. The molecule has 4 heteroatoms. The fraction of sp³-hybridized carbons (Fsp3) is 0.625. The van der Waals surface area contributed by atoms with Gasteiger partial charge in [-0.25, -0.2) is 0 Å². The number of aliphatic hydroxyl groups excluding tert-OH is 1. The molecule has 0 aliphatic heterocycles. The van der Waals surface area contributed by atoms with Gasteiger partial charge in [0.25, 0.3) is 0 Å². The SMILES string of the molecule is C=C[C@@H]1[C@@H](c2ccc(OC)cc2)[C@@H](O)C[C@]2(C)[C@@H](OC(=O)C(C)(C)C)CC[C@@H]12. The fourth-order valence-electron chi connectivity index (χ4n) is 5.31. The minimum atomic E-state index is -0.523. The van der Waals surface area contributed by atoms with Crippen LogP contribution in [0.4, 0.5) is 0 Å². The number of rotatable bonds is 4. The van der Waals surface area contributed by atoms with Crippen molar-refractivity contribution in [3.63, 3.8) is 0 Å². The van der Waals surface area contributed by atoms with Crippen molar-refractivity contribution >= 4 is 5.97 Å². The van der Waals surface area contributed by atoms with Gasteiger partial charge in [0.2, 0.25) is 0 Å². The molecule has 1 N–H and O–H groups in total. The van der Waals surface area contributed by atoms with Crippen LogP contribution in [-0.4, -0.2) is 30.4 Å². The molecule has 0 heterocycles. The van der Waals surface area contributed by atoms with Crippen LogP contribution in [0.3, 0.4) is 0 Å². The highest BCUT2D eigenvalue weighted by Crippen LogP contribution is 2.59. The number of esters is 1. The molecule has 0 bridgehead atoms. The quantitative estimate of drug-likeness (QED) is 0.601. The first-order chi connectivity index (χ1) is 13.1. The molecule has 28 heavy (non-hydrogen) atoms. The topological polar surface area (TPSA) is 55.8 Å². The van der Waals surface area contributed by atoms with E-state index >= 15 is 0 Å². The van der Waals surface area contributed by atoms with E-state index in [4.69, 9.17) is 9.47 Å². The highest BCUT2D eigenvalue weighted by atomic mass is 16.5. The van der Waals surface area contributed by atoms with Gasteiger partial charge in [-0.15, -0.1) is 6.58 Å². The largest absolute Gasteiger partial charge is 0.497 e. The van der Waals surface area contributed by atoms with Crippen LogP contribution in [0, 0.1) is 22.7 Å². The summed E-state index contributed by atoms with van der Waals surface area (Å²) in [5, 5.41) is 11.2. The molecule has 2 aliphatic rings. The number of carbonyl (C=O) groups excluding carboxylic acids is 1. The second-order valence-corrected chi connectivity index (χ2v) is 9.72. The van der Waals surface area contributed by atoms with Crippen LogP contribution in [0.5, 0.6) is 5.75 Å². The number of ether oxygens (including phenoxy) is 2. The zero-order chi connectivity index (χ0) is 20.7. The monoisotopic (exact) mass is 386 g/mol. The Hall–Kier alpha value is -1.81. The lowest BCUT2D eigenvalue weighted by Gasteiger charge is -2.50. The Kier molecular flexibility index (Phi) is 5.64. The first kappa shape index (κ1) is 20.9. The van der Waals surface area contributed by atoms with Crippen LogP contribution < -0.4 is 4.74 Å². The molecule has 0 saturated heterocycles. The average Bonchev–Trinajstić information content (AvgIpc) is 2.95. The van der Waals surface area contributed by atoms with E-state index in [1.54, 1.807) is 7.11 Å². The maximum atomic E-state index is 12.5. The van der Waals surface area contributed by atoms with E-state index in [-0.39, 0.29) is 29.3 Å². The summed E-state index contributed by atoms with van der Waals surface area (Å²) in [6.45, 7) is 11.9. The molecule has 0 unspecified atom stereocenters. The maximum absolute atomic E-state index is 12.5. The molecule has 1 aromatic carbocycles. The van der Waals surface area contributed by atoms with Gasteiger partial charge in [-0.3, -0.25) is 4.79 Å². The van der Waals surface area contributed by atoms with E-state index < -0.39 is 11.5 Å². The Balaban J connectivity index is 1.87. The molecule has 0 radical (unpaired) electrons. The Morgan fingerprint density at radius 1 is 1.25 bits per heavy atom. The van der Waals surface area contributed by atoms with E-state index in [1.165, 1.54) is 0 Å². The maximum Gasteiger partial charge on any atom is 0.311 e. The van der Waals surface area contributed by atoms with Crippen LogP contribution >= 0.6 is 0 Å². The minimum Gasteiger partial charge on any atom is -0.497 e. The van der Waals surface area contributed by atoms with Crippen molar-refractivity contribution in [3.05, 3.63) is 42.5 Å². The normalized spacial score (nSPS) is 35.1. The standard InChI is InChI=1S/C24H34O4/c1-7-17-18-12-13-20(28-22(26)23(2,3)4)24(18,5)14-19(25)21(17)15-8-10-16(27-6)11-9-15/h7-11,17-21,25H,1,12-14H2,2-6H3/t17-,18-,19-,20-,21+,24-/m0/s1. The van der Waals surface area contributed by atoms with Crippen molar-refractivity contribution in [2.75, 3.05) is 7.11 Å². The summed E-state index contributed by atoms with van der Waals surface area (Å²) in [5.41, 5.74) is 0.350. The number of hydrogen-bond acceptors (Lipinski definition) is 4. The van der Waals surface area contributed by atoms with Crippen molar-refractivity contribution in [2.45, 2.75) is 65.1 Å². The second-order valence-electron chi connectivity index (χ2n) is 9.72. The Morgan fingerprint density at radius 3 is 2.43 bits per heavy atom. The Labute approximate surface area is 168 Å². The number of aliphatic hydroxyl groups is 1. The van der Waals surface area contributed by atoms with Crippen molar-refractivity contribution < 1.29 is 19.4 Å². The van der Waals surface area contributed by atoms with Crippen LogP contribution in [0.15, 0.2) is 36.9 Å². The summed E-state index contributed by atoms with van der Waals surface area (Å²) in [6, 6.07) is 7.97. The molecular formula is C24H34O4. The number of hydrogen-bond donors (Lipinski definition) is 1. The smallest absolute Gasteiger partial charge is 0.311 e. The van der Waals surface area contributed by atoms with Crippen molar-refractivity contribution in [1.82, 2.24) is 0 Å². The zero-order valence-corrected chi connectivity index (χ0v) is 17.8. The van der Waals surface area contributed by atoms with E-state index in [9.17, 15) is 9.90 Å². The molecule has 1 aromatic rings. The summed E-state index contributed by atoms with van der Waals surface area (Å²) in [4.78, 5) is 12.5. The zero-order valence-electron chi connectivity index (χ0n) is 17.8. The molecule has 2 aliphatic carbocycles. The van der Waals surface area contributed by atoms with Gasteiger partial charge in [0.15, 0.2) is 0 Å². The molecule has 2 fully saturated rings. The van der Waals surface area contributed by atoms with Gasteiger partial charge in [-0.05, 0) is 69.6 Å². The number of fused-ring (bicyclic) bond motifs is 1. The highest BCUT2D eigenvalue weighted by molar-refractivity contribution is 5.75. The fourth-order valence-corrected chi connectivity index (χ4v) is 5.31. The highest BCUT2D eigenvalue weighted by Gasteiger charge is 2.57. The lowest BCUT2D eigenvalue weighted by Crippen LogP contribution is -2.49. The molecule has 0 amide bonds. The van der Waals surface area contributed by atoms with Crippen LogP contribution in [-0.2, 0) is 9.53 Å². The molecule has 4 nitrogen and oxygen atoms in total. The molecule has 3 rings (SSSR count). The summed E-state index contributed by atoms with van der Waals surface area (Å²) in [6.07, 6.45) is 3.78. The van der Waals surface area contributed by atoms with Gasteiger partial charge in [-0.2, -0.15) is 0 Å². The van der Waals surface area contributed by atoms with Gasteiger partial charge < -0.3 is 14.6 Å². The molecule has 0 aromatic heterocycles. The number of methoxy groups -OCH3 is 1. The molecule has 0 spiro atoms. The summed E-state index contributed by atoms with van der Waals surface area (Å²) < 4.78 is 11.2. The summed E-state index contributed by atoms with van der Waals surface area (Å²) >= 11 is 0. The predicted octanol–water partition coefficient (Wildman–Crippen LogP) is 4.72. The summed E-state index contributed by atoms with van der Waals surface area (Å²) in [5.74, 6) is 1.11. The first-order valence-corrected chi connectivity index (χ1v) is 10.3. The van der Waals surface area contributed by atoms with E-state index in [1.807, 2.05) is 51.1 Å². The van der Waals surface area contributed by atoms with Crippen LogP contribution in [0.25, 0.3) is 0 Å². The van der Waals surface area contributed by atoms with E-state index in [0.29, 0.717) is 12.3 Å². The lowest BCUT2D eigenvalue weighted by atomic mass is 9.57. The van der Waals surface area contributed by atoms with Gasteiger partial charge in [0.05, 0.1) is 18.6 Å². The molecule has 6 atom stereocenters. The van der Waals surface area contributed by atoms with Crippen molar-refractivity contribution in [3.8, 4) is 5.75 Å². The van der Waals surface area contributed by atoms with Gasteiger partial charge in [0, 0.05) is 11.3 Å². The first-order valence-electron chi connectivity index (χ1n) is 10.3. The minimum absolute atomic E-state index is 0.00134. The Morgan fingerprint density at radius 2 is 1.89 bits per heavy atom. The Bertz CT molecular complexity index is 717. The number of allylic oxidation sites excluding steroid dienone is 1. The van der Waals surface area contributed by atoms with E-state index in [0.717, 1.165) is 24.2 Å². The van der Waals surface area contributed by atoms with Crippen molar-refractivity contribution in [2.24, 2.45) is 22.7 Å². The van der Waals surface area contributed by atoms with Gasteiger partial charge in [0.1, 0.15) is 11.9 Å². The third-order valence-corrected chi connectivity index (χ3v) is 6.90. The number of carbonyl (C=O) groups is 1. The van der Waals surface area contributed by atoms with Crippen LogP contribution in [0.2, 0.25) is 0 Å². The third-order valence-electron chi connectivity index (χ3n) is 6.90. The summed E-state index contributed by atoms with van der Waals surface area (Å²) in [7, 11) is 1.65. The van der Waals surface area contributed by atoms with Gasteiger partial charge in [-0.1, -0.05) is 25.1 Å². The third kappa shape index (κ3) is 3.59. The molecular weight excluding hydrogens is 352 g/mol.